The van der Waals surface area contributed by atoms with E-state index in [1.807, 2.05) is 0 Å². The van der Waals surface area contributed by atoms with Crippen LogP contribution in [0, 0.1) is 6.08 Å². The Balaban J connectivity index is 0.000000389. The van der Waals surface area contributed by atoms with Gasteiger partial charge in [0.05, 0.1) is 0 Å². The fraction of sp³-hybridized carbons (Fsp3) is 0.500. The van der Waals surface area contributed by atoms with Gasteiger partial charge in [-0.15, -0.1) is 17.2 Å². The Bertz CT molecular complexity index is 473. The molecule has 0 atom stereocenters. The van der Waals surface area contributed by atoms with Crippen molar-refractivity contribution in [3.63, 3.8) is 0 Å². The van der Waals surface area contributed by atoms with E-state index in [1.54, 1.807) is 27.4 Å². The second kappa shape index (κ2) is 10.9. The van der Waals surface area contributed by atoms with E-state index in [0.29, 0.717) is 0 Å². The molecule has 3 aliphatic rings. The van der Waals surface area contributed by atoms with Crippen molar-refractivity contribution in [2.45, 2.75) is 58.8 Å². The van der Waals surface area contributed by atoms with Crippen molar-refractivity contribution >= 4 is 3.21 Å². The molecule has 3 rings (SSSR count). The van der Waals surface area contributed by atoms with Crippen LogP contribution in [0.2, 0.25) is 0 Å². The molecule has 0 bridgehead atoms. The van der Waals surface area contributed by atoms with Gasteiger partial charge in [0.15, 0.2) is 0 Å². The van der Waals surface area contributed by atoms with E-state index in [-0.39, 0.29) is 24.8 Å². The van der Waals surface area contributed by atoms with Crippen LogP contribution in [0.5, 0.6) is 0 Å². The van der Waals surface area contributed by atoms with Crippen molar-refractivity contribution in [3.8, 4) is 0 Å². The van der Waals surface area contributed by atoms with Gasteiger partial charge < -0.3 is 24.8 Å². The Morgan fingerprint density at radius 1 is 1.05 bits per heavy atom. The van der Waals surface area contributed by atoms with E-state index in [0.717, 1.165) is 12.8 Å². The third-order valence-corrected chi connectivity index (χ3v) is 5.32. The molecule has 0 aliphatic heterocycles. The van der Waals surface area contributed by atoms with Crippen LogP contribution in [0.25, 0.3) is 0 Å². The van der Waals surface area contributed by atoms with Crippen molar-refractivity contribution in [2.75, 3.05) is 0 Å². The van der Waals surface area contributed by atoms with E-state index in [2.05, 4.69) is 38.2 Å². The summed E-state index contributed by atoms with van der Waals surface area (Å²) in [5.41, 5.74) is 5.70. The predicted octanol–water partition coefficient (Wildman–Crippen LogP) is -0.980. The fourth-order valence-electron chi connectivity index (χ4n) is 2.67. The van der Waals surface area contributed by atoms with Crippen molar-refractivity contribution < 1.29 is 49.0 Å². The number of halogens is 2. The zero-order valence-electron chi connectivity index (χ0n) is 12.9. The molecule has 0 heterocycles. The second-order valence-electron chi connectivity index (χ2n) is 5.62. The molecular formula is C18H23Cl2Zr-. The minimum absolute atomic E-state index is 0. The molecule has 0 nitrogen and oxygen atoms in total. The van der Waals surface area contributed by atoms with Crippen LogP contribution in [0.4, 0.5) is 0 Å². The molecular weight excluding hydrogens is 378 g/mol. The summed E-state index contributed by atoms with van der Waals surface area (Å²) < 4.78 is 1.80. The average Bonchev–Trinajstić information content (AvgIpc) is 3.03. The molecule has 3 heteroatoms. The van der Waals surface area contributed by atoms with Crippen LogP contribution in [0.3, 0.4) is 0 Å². The molecule has 0 unspecified atom stereocenters. The summed E-state index contributed by atoms with van der Waals surface area (Å²) in [5.74, 6) is 0. The SMILES string of the molecule is CC1=C(C)C(C2=CC=CC2)=[C-]C1.[Cl-].[Cl-].[Zr+2]=[C]1CCCCC1. The van der Waals surface area contributed by atoms with E-state index in [1.165, 1.54) is 54.4 Å². The maximum absolute atomic E-state index is 3.43. The van der Waals surface area contributed by atoms with Crippen LogP contribution in [0.15, 0.2) is 40.5 Å². The standard InChI is InChI=1S/C12H13.C6H10.2ClH.Zr/c1-9-7-8-12(10(9)2)11-5-3-4-6-11;1-2-4-6-5-3-1;;;/h3-5H,6-7H2,1-2H3;1-5H2;2*1H;/q-1;;;;+2/p-2. The molecule has 1 fully saturated rings. The summed E-state index contributed by atoms with van der Waals surface area (Å²) in [4.78, 5) is 0. The van der Waals surface area contributed by atoms with E-state index >= 15 is 0 Å². The summed E-state index contributed by atoms with van der Waals surface area (Å²) >= 11 is 1.69. The van der Waals surface area contributed by atoms with E-state index < -0.39 is 0 Å². The summed E-state index contributed by atoms with van der Waals surface area (Å²) in [7, 11) is 0. The van der Waals surface area contributed by atoms with Gasteiger partial charge in [0.25, 0.3) is 0 Å². The van der Waals surface area contributed by atoms with Crippen LogP contribution in [0.1, 0.15) is 58.8 Å². The first-order chi connectivity index (χ1) is 9.18. The van der Waals surface area contributed by atoms with Gasteiger partial charge in [-0.25, -0.2) is 0 Å². The minimum atomic E-state index is 0. The third-order valence-electron chi connectivity index (χ3n) is 4.09. The van der Waals surface area contributed by atoms with Crippen molar-refractivity contribution in [1.29, 1.82) is 0 Å². The summed E-state index contributed by atoms with van der Waals surface area (Å²) in [6.45, 7) is 4.39. The predicted molar refractivity (Wildman–Crippen MR) is 79.7 cm³/mol. The first kappa shape index (κ1) is 21.3. The molecule has 21 heavy (non-hydrogen) atoms. The molecule has 0 aromatic rings. The van der Waals surface area contributed by atoms with Gasteiger partial charge >= 0.3 is 59.5 Å². The molecule has 0 radical (unpaired) electrons. The molecule has 0 saturated heterocycles. The van der Waals surface area contributed by atoms with Gasteiger partial charge in [-0.1, -0.05) is 38.8 Å². The zero-order valence-corrected chi connectivity index (χ0v) is 16.9. The Labute approximate surface area is 157 Å². The first-order valence-electron chi connectivity index (χ1n) is 7.38. The summed E-state index contributed by atoms with van der Waals surface area (Å²) in [6.07, 6.45) is 19.4. The van der Waals surface area contributed by atoms with Gasteiger partial charge in [0.1, 0.15) is 0 Å². The molecule has 1 saturated carbocycles. The van der Waals surface area contributed by atoms with Gasteiger partial charge in [-0.3, -0.25) is 0 Å². The Hall–Kier alpha value is 0.293. The second-order valence-corrected chi connectivity index (χ2v) is 7.36. The number of rotatable bonds is 1. The Morgan fingerprint density at radius 2 is 1.71 bits per heavy atom. The molecule has 0 spiro atoms. The summed E-state index contributed by atoms with van der Waals surface area (Å²) in [5, 5.41) is 0. The van der Waals surface area contributed by atoms with Crippen LogP contribution < -0.4 is 24.8 Å². The summed E-state index contributed by atoms with van der Waals surface area (Å²) in [6, 6.07) is 0. The Morgan fingerprint density at radius 3 is 2.10 bits per heavy atom. The van der Waals surface area contributed by atoms with Crippen molar-refractivity contribution in [2.24, 2.45) is 0 Å². The third kappa shape index (κ3) is 6.51. The maximum atomic E-state index is 3.43. The van der Waals surface area contributed by atoms with E-state index in [4.69, 9.17) is 0 Å². The molecule has 0 aromatic carbocycles. The van der Waals surface area contributed by atoms with Gasteiger partial charge in [-0.05, 0) is 0 Å². The van der Waals surface area contributed by atoms with E-state index in [9.17, 15) is 0 Å². The average molecular weight is 402 g/mol. The zero-order chi connectivity index (χ0) is 13.7. The fourth-order valence-corrected chi connectivity index (χ4v) is 3.53. The van der Waals surface area contributed by atoms with Gasteiger partial charge in [0.2, 0.25) is 0 Å². The molecule has 0 amide bonds. The van der Waals surface area contributed by atoms with Crippen LogP contribution >= 0.6 is 0 Å². The number of hydrogen-bond donors (Lipinski definition) is 0. The van der Waals surface area contributed by atoms with Crippen molar-refractivity contribution in [3.05, 3.63) is 46.6 Å². The molecule has 114 valence electrons. The van der Waals surface area contributed by atoms with Crippen LogP contribution in [-0.2, 0) is 24.2 Å². The molecule has 0 N–H and O–H groups in total. The topological polar surface area (TPSA) is 0 Å². The van der Waals surface area contributed by atoms with Gasteiger partial charge in [0, 0.05) is 0 Å². The van der Waals surface area contributed by atoms with Gasteiger partial charge in [-0.2, -0.15) is 17.2 Å². The first-order valence-corrected chi connectivity index (χ1v) is 8.61. The quantitative estimate of drug-likeness (QED) is 0.496. The normalized spacial score (nSPS) is 20.1. The Kier molecular flexibility index (Phi) is 11.1. The monoisotopic (exact) mass is 399 g/mol. The van der Waals surface area contributed by atoms with Crippen molar-refractivity contribution in [1.82, 2.24) is 0 Å². The number of allylic oxidation sites excluding steroid dienone is 8. The van der Waals surface area contributed by atoms with Crippen LogP contribution in [-0.4, -0.2) is 3.21 Å². The molecule has 3 aliphatic carbocycles. The number of hydrogen-bond acceptors (Lipinski definition) is 0. The molecule has 0 aromatic heterocycles.